The predicted molar refractivity (Wildman–Crippen MR) is 57.6 cm³/mol. The van der Waals surface area contributed by atoms with Crippen LogP contribution < -0.4 is 0 Å². The van der Waals surface area contributed by atoms with Gasteiger partial charge in [-0.2, -0.15) is 11.7 Å². The summed E-state index contributed by atoms with van der Waals surface area (Å²) in [4.78, 5) is 20.4. The summed E-state index contributed by atoms with van der Waals surface area (Å²) in [6.07, 6.45) is 0.0434. The minimum atomic E-state index is -1.60. The minimum absolute atomic E-state index is 0.0217. The first-order valence-corrected chi connectivity index (χ1v) is 4.78. The van der Waals surface area contributed by atoms with Gasteiger partial charge in [0, 0.05) is 0 Å². The molecule has 8 nitrogen and oxygen atoms in total. The summed E-state index contributed by atoms with van der Waals surface area (Å²) in [5.74, 6) is 2.89. The monoisotopic (exact) mass is 240 g/mol. The van der Waals surface area contributed by atoms with E-state index in [9.17, 15) is 9.81 Å². The van der Waals surface area contributed by atoms with Crippen molar-refractivity contribution in [3.8, 4) is 0 Å². The van der Waals surface area contributed by atoms with Crippen molar-refractivity contribution in [3.63, 3.8) is 0 Å². The quantitative estimate of drug-likeness (QED) is 0.537. The predicted octanol–water partition coefficient (Wildman–Crippen LogP) is 1.38. The molecule has 0 aromatic carbocycles. The van der Waals surface area contributed by atoms with Gasteiger partial charge in [-0.05, 0) is 12.8 Å². The molecule has 0 saturated carbocycles. The maximum Gasteiger partial charge on any atom is 0.330 e. The first-order valence-electron chi connectivity index (χ1n) is 4.78. The van der Waals surface area contributed by atoms with E-state index in [-0.39, 0.29) is 12.8 Å². The van der Waals surface area contributed by atoms with Gasteiger partial charge in [0.05, 0.1) is 9.81 Å². The van der Waals surface area contributed by atoms with Crippen LogP contribution in [0.1, 0.15) is 26.7 Å². The van der Waals surface area contributed by atoms with Crippen LogP contribution in [0.5, 0.6) is 0 Å². The second kappa shape index (κ2) is 5.69. The summed E-state index contributed by atoms with van der Waals surface area (Å²) >= 11 is 0. The number of hydrogen-bond acceptors (Lipinski definition) is 2. The number of nitrogens with zero attached hydrogens (tertiary/aromatic N) is 4. The molecule has 0 atom stereocenters. The average molecular weight is 240 g/mol. The Morgan fingerprint density at radius 3 is 1.47 bits per heavy atom. The Morgan fingerprint density at radius 2 is 1.35 bits per heavy atom. The fourth-order valence-corrected chi connectivity index (χ4v) is 1.70. The topological polar surface area (TPSA) is 125 Å². The van der Waals surface area contributed by atoms with Gasteiger partial charge >= 0.3 is 11.4 Å². The maximum absolute atomic E-state index is 10.9. The highest BCUT2D eigenvalue weighted by Gasteiger charge is 2.53. The van der Waals surface area contributed by atoms with Crippen LogP contribution in [0.25, 0.3) is 10.8 Å². The molecule has 0 rings (SSSR count). The molecule has 0 fully saturated rings. The van der Waals surface area contributed by atoms with Gasteiger partial charge in [0.15, 0.2) is 5.41 Å². The molecule has 0 aromatic rings. The third kappa shape index (κ3) is 2.44. The molecule has 0 radical (unpaired) electrons. The van der Waals surface area contributed by atoms with Crippen molar-refractivity contribution in [2.45, 2.75) is 26.7 Å². The van der Waals surface area contributed by atoms with E-state index < -0.39 is 26.7 Å². The summed E-state index contributed by atoms with van der Waals surface area (Å²) < 4.78 is 0. The molecule has 2 N–H and O–H groups in total. The third-order valence-electron chi connectivity index (χ3n) is 2.71. The highest BCUT2D eigenvalue weighted by Crippen LogP contribution is 2.40. The molecule has 0 aromatic heterocycles. The van der Waals surface area contributed by atoms with Gasteiger partial charge in [-0.3, -0.25) is 0 Å². The van der Waals surface area contributed by atoms with Gasteiger partial charge in [-0.15, -0.1) is 0 Å². The zero-order chi connectivity index (χ0) is 13.6. The Hall–Kier alpha value is -2.30. The summed E-state index contributed by atoms with van der Waals surface area (Å²) in [6, 6.07) is 0. The fraction of sp³-hybridized carbons (Fsp3) is 0.556. The van der Waals surface area contributed by atoms with Crippen molar-refractivity contribution in [1.82, 2.24) is 0 Å². The summed E-state index contributed by atoms with van der Waals surface area (Å²) in [6.45, 7) is 3.04. The molecule has 0 aliphatic carbocycles. The molecule has 17 heavy (non-hydrogen) atoms. The van der Waals surface area contributed by atoms with Gasteiger partial charge in [0.2, 0.25) is 0 Å². The van der Waals surface area contributed by atoms with Crippen molar-refractivity contribution in [3.05, 3.63) is 32.0 Å². The van der Waals surface area contributed by atoms with Crippen LogP contribution in [0.2, 0.25) is 0 Å². The van der Waals surface area contributed by atoms with Crippen LogP contribution in [0.15, 0.2) is 11.4 Å². The molecule has 0 bridgehead atoms. The number of rotatable bonds is 6. The Bertz CT molecular complexity index is 402. The lowest BCUT2D eigenvalue weighted by atomic mass is 9.77. The second-order valence-electron chi connectivity index (χ2n) is 3.26. The van der Waals surface area contributed by atoms with Crippen molar-refractivity contribution in [1.29, 1.82) is 0 Å². The molecule has 0 aliphatic rings. The largest absolute Gasteiger partial charge is 0.758 e. The minimum Gasteiger partial charge on any atom is -0.758 e. The summed E-state index contributed by atoms with van der Waals surface area (Å²) in [5.41, 5.74) is -3.03. The molecule has 0 amide bonds. The average Bonchev–Trinajstić information content (AvgIpc) is 2.27. The van der Waals surface area contributed by atoms with Gasteiger partial charge in [-0.1, -0.05) is 13.8 Å². The van der Waals surface area contributed by atoms with Crippen molar-refractivity contribution >= 4 is 11.7 Å². The van der Waals surface area contributed by atoms with Crippen molar-refractivity contribution < 1.29 is 20.3 Å². The lowest BCUT2D eigenvalue weighted by molar-refractivity contribution is -0.777. The lowest BCUT2D eigenvalue weighted by Crippen LogP contribution is -2.34. The fourth-order valence-electron chi connectivity index (χ4n) is 1.70. The van der Waals surface area contributed by atoms with Gasteiger partial charge in [0.1, 0.15) is 0 Å². The van der Waals surface area contributed by atoms with Gasteiger partial charge in [-0.25, -0.2) is 10.4 Å². The molecule has 0 spiro atoms. The standard InChI is InChI=1S/C9H12N4O4/c1-3-9(4-2,7(5-10)12(14)15)8(6-11)13(16)17/h3-4H2,1-2H3,(H,14,15)(H,16,17). The van der Waals surface area contributed by atoms with Crippen LogP contribution in [0.4, 0.5) is 0 Å². The van der Waals surface area contributed by atoms with E-state index in [0.717, 1.165) is 0 Å². The Balaban J connectivity index is 6.12. The van der Waals surface area contributed by atoms with E-state index in [2.05, 4.69) is 0 Å². The van der Waals surface area contributed by atoms with Crippen LogP contribution in [-0.4, -0.2) is 32.0 Å². The maximum atomic E-state index is 10.9. The first-order chi connectivity index (χ1) is 7.91. The first kappa shape index (κ1) is 14.7. The Labute approximate surface area is 97.0 Å². The molecule has 92 valence electrons. The second-order valence-corrected chi connectivity index (χ2v) is 3.26. The molecule has 0 saturated heterocycles. The smallest absolute Gasteiger partial charge is 0.330 e. The van der Waals surface area contributed by atoms with E-state index in [0.29, 0.717) is 0 Å². The Morgan fingerprint density at radius 1 is 1.06 bits per heavy atom. The van der Waals surface area contributed by atoms with E-state index in [1.165, 1.54) is 25.6 Å². The molecule has 0 aliphatic heterocycles. The highest BCUT2D eigenvalue weighted by atomic mass is 16.6. The summed E-state index contributed by atoms with van der Waals surface area (Å²) in [7, 11) is 0. The van der Waals surface area contributed by atoms with Crippen LogP contribution >= 0.6 is 0 Å². The molecular weight excluding hydrogens is 228 g/mol. The van der Waals surface area contributed by atoms with Gasteiger partial charge < -0.3 is 10.8 Å². The lowest BCUT2D eigenvalue weighted by Gasteiger charge is -2.20. The van der Waals surface area contributed by atoms with E-state index in [1.54, 1.807) is 0 Å². The van der Waals surface area contributed by atoms with Crippen molar-refractivity contribution in [2.24, 2.45) is 5.41 Å². The van der Waals surface area contributed by atoms with Crippen LogP contribution in [-0.2, 0) is 0 Å². The van der Waals surface area contributed by atoms with Crippen molar-refractivity contribution in [2.75, 3.05) is 0 Å². The van der Waals surface area contributed by atoms with E-state index >= 15 is 0 Å². The third-order valence-corrected chi connectivity index (χ3v) is 2.71. The molecular formula is C9H12N4O4. The number of hydrogen-bond donors (Lipinski definition) is 2. The van der Waals surface area contributed by atoms with E-state index in [4.69, 9.17) is 21.2 Å². The van der Waals surface area contributed by atoms with Crippen LogP contribution in [0, 0.1) is 15.2 Å². The highest BCUT2D eigenvalue weighted by molar-refractivity contribution is 5.66. The Kier molecular flexibility index (Phi) is 4.92. The summed E-state index contributed by atoms with van der Waals surface area (Å²) in [5, 5.41) is 35.3. The van der Waals surface area contributed by atoms with Gasteiger partial charge in [0.25, 0.3) is 9.85 Å². The zero-order valence-electron chi connectivity index (χ0n) is 9.41. The van der Waals surface area contributed by atoms with Crippen LogP contribution in [0.3, 0.4) is 0 Å². The molecule has 8 heteroatoms. The SMILES string of the molecule is CCC(CC)(C(=C=[N-])[N+](=O)O)C(=C=[N-])[N+](=O)O. The van der Waals surface area contributed by atoms with E-state index in [1.807, 2.05) is 0 Å². The molecule has 0 unspecified atom stereocenters. The normalized spacial score (nSPS) is 10.0. The molecule has 0 heterocycles. The zero-order valence-corrected chi connectivity index (χ0v) is 9.41.